The molecule has 0 heterocycles. The van der Waals surface area contributed by atoms with Crippen molar-refractivity contribution in [1.82, 2.24) is 4.31 Å². The van der Waals surface area contributed by atoms with Gasteiger partial charge in [-0.2, -0.15) is 4.31 Å². The van der Waals surface area contributed by atoms with E-state index in [1.165, 1.54) is 4.31 Å². The molecule has 0 radical (unpaired) electrons. The molecule has 0 aromatic rings. The molecule has 7 heteroatoms. The average Bonchev–Trinajstić information content (AvgIpc) is 2.47. The van der Waals surface area contributed by atoms with Crippen molar-refractivity contribution in [3.63, 3.8) is 0 Å². The molecule has 0 aliphatic heterocycles. The predicted octanol–water partition coefficient (Wildman–Crippen LogP) is 2.23. The van der Waals surface area contributed by atoms with E-state index in [4.69, 9.17) is 5.11 Å². The van der Waals surface area contributed by atoms with Gasteiger partial charge < -0.3 is 10.2 Å². The summed E-state index contributed by atoms with van der Waals surface area (Å²) in [6, 6.07) is 0. The molecule has 2 N–H and O–H groups in total. The van der Waals surface area contributed by atoms with Gasteiger partial charge in [-0.05, 0) is 25.7 Å². The molecule has 140 valence electrons. The van der Waals surface area contributed by atoms with Crippen molar-refractivity contribution in [2.45, 2.75) is 70.8 Å². The van der Waals surface area contributed by atoms with Crippen molar-refractivity contribution in [2.75, 3.05) is 19.3 Å². The standard InChI is InChI=1S/C17H31NO5S/c1-3-4-7-11-16(19)12-10-15-18(24(2,22)23)14-9-6-5-8-13-17(20)21/h16,19H,3-9,11,13-15H2,1-2H3,(H,20,21)/t16-/m0/s1. The summed E-state index contributed by atoms with van der Waals surface area (Å²) in [5.74, 6) is 4.65. The molecule has 0 rings (SSSR count). The number of rotatable bonds is 13. The van der Waals surface area contributed by atoms with Crippen LogP contribution in [0.15, 0.2) is 0 Å². The number of aliphatic hydroxyl groups excluding tert-OH is 1. The molecule has 0 amide bonds. The third-order valence-corrected chi connectivity index (χ3v) is 4.87. The number of hydrogen-bond acceptors (Lipinski definition) is 4. The molecule has 6 nitrogen and oxygen atoms in total. The van der Waals surface area contributed by atoms with Gasteiger partial charge in [0.25, 0.3) is 0 Å². The third-order valence-electron chi connectivity index (χ3n) is 3.62. The fourth-order valence-corrected chi connectivity index (χ4v) is 2.95. The van der Waals surface area contributed by atoms with E-state index in [9.17, 15) is 18.3 Å². The Morgan fingerprint density at radius 3 is 2.38 bits per heavy atom. The number of aliphatic hydroxyl groups is 1. The van der Waals surface area contributed by atoms with E-state index in [0.29, 0.717) is 25.8 Å². The summed E-state index contributed by atoms with van der Waals surface area (Å²) in [6.07, 6.45) is 7.10. The van der Waals surface area contributed by atoms with Crippen LogP contribution in [-0.2, 0) is 14.8 Å². The topological polar surface area (TPSA) is 94.9 Å². The first-order valence-electron chi connectivity index (χ1n) is 8.60. The number of carboxylic acid groups (broad SMARTS) is 1. The zero-order valence-corrected chi connectivity index (χ0v) is 15.6. The van der Waals surface area contributed by atoms with E-state index in [-0.39, 0.29) is 13.0 Å². The van der Waals surface area contributed by atoms with Gasteiger partial charge in [-0.1, -0.05) is 44.4 Å². The lowest BCUT2D eigenvalue weighted by Gasteiger charge is -2.17. The lowest BCUT2D eigenvalue weighted by Crippen LogP contribution is -2.31. The van der Waals surface area contributed by atoms with Gasteiger partial charge in [-0.15, -0.1) is 0 Å². The second kappa shape index (κ2) is 13.2. The van der Waals surface area contributed by atoms with Crippen molar-refractivity contribution >= 4 is 16.0 Å². The Hall–Kier alpha value is -1.10. The van der Waals surface area contributed by atoms with Crippen molar-refractivity contribution in [2.24, 2.45) is 0 Å². The highest BCUT2D eigenvalue weighted by Gasteiger charge is 2.14. The lowest BCUT2D eigenvalue weighted by atomic mass is 10.1. The molecule has 0 saturated carbocycles. The van der Waals surface area contributed by atoms with Crippen molar-refractivity contribution < 1.29 is 23.4 Å². The van der Waals surface area contributed by atoms with E-state index >= 15 is 0 Å². The summed E-state index contributed by atoms with van der Waals surface area (Å²) in [6.45, 7) is 2.54. The first kappa shape index (κ1) is 22.9. The van der Waals surface area contributed by atoms with Gasteiger partial charge in [-0.25, -0.2) is 8.42 Å². The van der Waals surface area contributed by atoms with Crippen molar-refractivity contribution in [3.8, 4) is 11.8 Å². The van der Waals surface area contributed by atoms with E-state index in [0.717, 1.165) is 38.4 Å². The monoisotopic (exact) mass is 361 g/mol. The first-order chi connectivity index (χ1) is 11.3. The maximum Gasteiger partial charge on any atom is 0.303 e. The van der Waals surface area contributed by atoms with Crippen LogP contribution in [0.5, 0.6) is 0 Å². The number of sulfonamides is 1. The van der Waals surface area contributed by atoms with Gasteiger partial charge in [0.1, 0.15) is 6.10 Å². The van der Waals surface area contributed by atoms with Crippen LogP contribution >= 0.6 is 0 Å². The van der Waals surface area contributed by atoms with Crippen molar-refractivity contribution in [3.05, 3.63) is 0 Å². The zero-order valence-electron chi connectivity index (χ0n) is 14.8. The van der Waals surface area contributed by atoms with E-state index in [2.05, 4.69) is 18.8 Å². The third kappa shape index (κ3) is 13.3. The molecule has 0 spiro atoms. The smallest absolute Gasteiger partial charge is 0.303 e. The maximum atomic E-state index is 11.7. The van der Waals surface area contributed by atoms with Crippen LogP contribution in [0.2, 0.25) is 0 Å². The minimum atomic E-state index is -3.33. The predicted molar refractivity (Wildman–Crippen MR) is 95.1 cm³/mol. The van der Waals surface area contributed by atoms with Gasteiger partial charge in [-0.3, -0.25) is 4.79 Å². The molecular formula is C17H31NO5S. The minimum absolute atomic E-state index is 0.0821. The van der Waals surface area contributed by atoms with Gasteiger partial charge >= 0.3 is 5.97 Å². The normalized spacial score (nSPS) is 12.7. The Labute approximate surface area is 146 Å². The number of carboxylic acids is 1. The molecule has 0 unspecified atom stereocenters. The highest BCUT2D eigenvalue weighted by molar-refractivity contribution is 7.88. The Bertz CT molecular complexity index is 507. The van der Waals surface area contributed by atoms with Gasteiger partial charge in [0.05, 0.1) is 12.8 Å². The number of carbonyl (C=O) groups is 1. The largest absolute Gasteiger partial charge is 0.481 e. The van der Waals surface area contributed by atoms with Gasteiger partial charge in [0.15, 0.2) is 0 Å². The molecule has 0 bridgehead atoms. The second-order valence-electron chi connectivity index (χ2n) is 5.99. The minimum Gasteiger partial charge on any atom is -0.481 e. The molecule has 1 atom stereocenters. The summed E-state index contributed by atoms with van der Waals surface area (Å²) >= 11 is 0. The van der Waals surface area contributed by atoms with Crippen LogP contribution in [0, 0.1) is 11.8 Å². The SMILES string of the molecule is CCCCC[C@H](O)C#CCN(CCCCCCC(=O)O)S(C)(=O)=O. The summed E-state index contributed by atoms with van der Waals surface area (Å²) < 4.78 is 24.8. The van der Waals surface area contributed by atoms with Crippen LogP contribution < -0.4 is 0 Å². The highest BCUT2D eigenvalue weighted by Crippen LogP contribution is 2.07. The average molecular weight is 362 g/mol. The Morgan fingerprint density at radius 1 is 1.12 bits per heavy atom. The molecule has 0 aliphatic rings. The quantitative estimate of drug-likeness (QED) is 0.387. The lowest BCUT2D eigenvalue weighted by molar-refractivity contribution is -0.137. The number of unbranched alkanes of at least 4 members (excludes halogenated alkanes) is 5. The molecule has 0 fully saturated rings. The summed E-state index contributed by atoms with van der Waals surface area (Å²) in [5, 5.41) is 18.3. The maximum absolute atomic E-state index is 11.7. The van der Waals surface area contributed by atoms with Crippen LogP contribution in [-0.4, -0.2) is 54.4 Å². The second-order valence-corrected chi connectivity index (χ2v) is 7.97. The van der Waals surface area contributed by atoms with Crippen LogP contribution in [0.25, 0.3) is 0 Å². The molecule has 0 aliphatic carbocycles. The van der Waals surface area contributed by atoms with Gasteiger partial charge in [0.2, 0.25) is 10.0 Å². The molecule has 24 heavy (non-hydrogen) atoms. The summed E-state index contributed by atoms with van der Waals surface area (Å²) in [7, 11) is -3.33. The molecule has 0 aromatic heterocycles. The van der Waals surface area contributed by atoms with E-state index < -0.39 is 22.1 Å². The van der Waals surface area contributed by atoms with Gasteiger partial charge in [0, 0.05) is 13.0 Å². The van der Waals surface area contributed by atoms with Crippen LogP contribution in [0.4, 0.5) is 0 Å². The molecule has 0 saturated heterocycles. The first-order valence-corrected chi connectivity index (χ1v) is 10.5. The summed E-state index contributed by atoms with van der Waals surface area (Å²) in [4.78, 5) is 10.4. The molecule has 0 aromatic carbocycles. The highest BCUT2D eigenvalue weighted by atomic mass is 32.2. The Balaban J connectivity index is 4.18. The Kier molecular flexibility index (Phi) is 12.6. The van der Waals surface area contributed by atoms with E-state index in [1.54, 1.807) is 0 Å². The Morgan fingerprint density at radius 2 is 1.79 bits per heavy atom. The van der Waals surface area contributed by atoms with Crippen LogP contribution in [0.1, 0.15) is 64.7 Å². The molecular weight excluding hydrogens is 330 g/mol. The fourth-order valence-electron chi connectivity index (χ4n) is 2.19. The van der Waals surface area contributed by atoms with Crippen molar-refractivity contribution in [1.29, 1.82) is 0 Å². The van der Waals surface area contributed by atoms with Crippen LogP contribution in [0.3, 0.4) is 0 Å². The zero-order chi connectivity index (χ0) is 18.4. The number of aliphatic carboxylic acids is 1. The van der Waals surface area contributed by atoms with E-state index in [1.807, 2.05) is 0 Å². The number of nitrogens with zero attached hydrogens (tertiary/aromatic N) is 1. The number of hydrogen-bond donors (Lipinski definition) is 2. The summed E-state index contributed by atoms with van der Waals surface area (Å²) in [5.41, 5.74) is 0. The fraction of sp³-hybridized carbons (Fsp3) is 0.824.